The average Bonchev–Trinajstić information content (AvgIpc) is 3.13. The van der Waals surface area contributed by atoms with Crippen LogP contribution in [-0.2, 0) is 6.61 Å². The number of aliphatic imine (C=N–C) groups is 1. The molecule has 30 heavy (non-hydrogen) atoms. The summed E-state index contributed by atoms with van der Waals surface area (Å²) in [5.41, 5.74) is 9.71. The molecule has 0 aliphatic rings. The lowest BCUT2D eigenvalue weighted by Gasteiger charge is -2.09. The lowest BCUT2D eigenvalue weighted by molar-refractivity contribution is 0.260. The summed E-state index contributed by atoms with van der Waals surface area (Å²) < 4.78 is 11.1. The minimum atomic E-state index is -0.237. The number of amidine groups is 1. The smallest absolute Gasteiger partial charge is 0.233 e. The SMILES string of the molecule is CCC[C@@H](CO)N=C(N)c1ccc(OCc2c(-c3ccc(C)nc3)noc2C)nn1. The van der Waals surface area contributed by atoms with Crippen molar-refractivity contribution in [2.75, 3.05) is 6.61 Å². The van der Waals surface area contributed by atoms with Gasteiger partial charge in [0.2, 0.25) is 5.88 Å². The van der Waals surface area contributed by atoms with E-state index in [-0.39, 0.29) is 25.1 Å². The van der Waals surface area contributed by atoms with Gasteiger partial charge in [0.05, 0.1) is 18.2 Å². The van der Waals surface area contributed by atoms with Crippen LogP contribution in [0.15, 0.2) is 40.0 Å². The molecule has 3 aromatic heterocycles. The molecule has 0 saturated carbocycles. The third-order valence-corrected chi connectivity index (χ3v) is 4.59. The number of ether oxygens (including phenoxy) is 1. The van der Waals surface area contributed by atoms with Gasteiger partial charge in [-0.2, -0.15) is 0 Å². The lowest BCUT2D eigenvalue weighted by atomic mass is 10.1. The number of aliphatic hydroxyl groups is 1. The Labute approximate surface area is 175 Å². The normalized spacial score (nSPS) is 12.7. The van der Waals surface area contributed by atoms with Gasteiger partial charge in [0.1, 0.15) is 29.6 Å². The van der Waals surface area contributed by atoms with Crippen LogP contribution in [0.25, 0.3) is 11.3 Å². The van der Waals surface area contributed by atoms with Gasteiger partial charge < -0.3 is 20.1 Å². The number of nitrogens with zero attached hydrogens (tertiary/aromatic N) is 5. The Kier molecular flexibility index (Phi) is 7.08. The molecule has 0 unspecified atom stereocenters. The van der Waals surface area contributed by atoms with Crippen molar-refractivity contribution in [1.82, 2.24) is 20.3 Å². The predicted molar refractivity (Wildman–Crippen MR) is 112 cm³/mol. The highest BCUT2D eigenvalue weighted by atomic mass is 16.5. The van der Waals surface area contributed by atoms with E-state index in [9.17, 15) is 5.11 Å². The zero-order valence-electron chi connectivity index (χ0n) is 17.4. The van der Waals surface area contributed by atoms with E-state index in [1.54, 1.807) is 18.3 Å². The minimum absolute atomic E-state index is 0.0555. The van der Waals surface area contributed by atoms with Crippen molar-refractivity contribution in [1.29, 1.82) is 0 Å². The first-order valence-electron chi connectivity index (χ1n) is 9.81. The Morgan fingerprint density at radius 2 is 2.07 bits per heavy atom. The van der Waals surface area contributed by atoms with Gasteiger partial charge in [0, 0.05) is 23.5 Å². The van der Waals surface area contributed by atoms with Gasteiger partial charge in [0.25, 0.3) is 0 Å². The van der Waals surface area contributed by atoms with Crippen LogP contribution in [0.2, 0.25) is 0 Å². The van der Waals surface area contributed by atoms with Crippen LogP contribution in [0, 0.1) is 13.8 Å². The van der Waals surface area contributed by atoms with Gasteiger partial charge in [-0.05, 0) is 38.5 Å². The number of hydrogen-bond donors (Lipinski definition) is 2. The molecule has 3 N–H and O–H groups in total. The summed E-state index contributed by atoms with van der Waals surface area (Å²) in [4.78, 5) is 8.61. The fourth-order valence-corrected chi connectivity index (χ4v) is 2.87. The first kappa shape index (κ1) is 21.4. The van der Waals surface area contributed by atoms with Crippen LogP contribution in [0.5, 0.6) is 5.88 Å². The number of aromatic nitrogens is 4. The first-order valence-corrected chi connectivity index (χ1v) is 9.81. The van der Waals surface area contributed by atoms with Gasteiger partial charge in [-0.1, -0.05) is 18.5 Å². The lowest BCUT2D eigenvalue weighted by Crippen LogP contribution is -2.21. The van der Waals surface area contributed by atoms with E-state index >= 15 is 0 Å². The van der Waals surface area contributed by atoms with E-state index in [0.29, 0.717) is 23.0 Å². The number of aliphatic hydroxyl groups excluding tert-OH is 1. The Morgan fingerprint density at radius 1 is 1.23 bits per heavy atom. The number of rotatable bonds is 9. The molecule has 0 spiro atoms. The Balaban J connectivity index is 1.70. The van der Waals surface area contributed by atoms with Gasteiger partial charge in [-0.15, -0.1) is 10.2 Å². The molecule has 0 radical (unpaired) electrons. The molecule has 9 heteroatoms. The average molecular weight is 410 g/mol. The van der Waals surface area contributed by atoms with Crippen molar-refractivity contribution < 1.29 is 14.4 Å². The molecule has 0 aliphatic carbocycles. The van der Waals surface area contributed by atoms with Crippen molar-refractivity contribution in [2.45, 2.75) is 46.3 Å². The number of pyridine rings is 1. The molecule has 9 nitrogen and oxygen atoms in total. The topological polar surface area (TPSA) is 133 Å². The standard InChI is InChI=1S/C21H26N6O3/c1-4-5-16(11-28)24-21(22)18-8-9-19(26-25-18)29-12-17-14(3)30-27-20(17)15-7-6-13(2)23-10-15/h6-10,16,28H,4-5,11-12H2,1-3H3,(H2,22,24)/t16-/m0/s1. The maximum Gasteiger partial charge on any atom is 0.233 e. The second-order valence-electron chi connectivity index (χ2n) is 6.94. The van der Waals surface area contributed by atoms with Gasteiger partial charge in [0.15, 0.2) is 0 Å². The van der Waals surface area contributed by atoms with Crippen molar-refractivity contribution >= 4 is 5.84 Å². The Morgan fingerprint density at radius 3 is 2.70 bits per heavy atom. The summed E-state index contributed by atoms with van der Waals surface area (Å²) in [5.74, 6) is 1.25. The van der Waals surface area contributed by atoms with Crippen molar-refractivity contribution in [3.8, 4) is 17.1 Å². The summed E-state index contributed by atoms with van der Waals surface area (Å²) >= 11 is 0. The molecule has 158 valence electrons. The monoisotopic (exact) mass is 410 g/mol. The van der Waals surface area contributed by atoms with Crippen molar-refractivity contribution in [3.63, 3.8) is 0 Å². The summed E-state index contributed by atoms with van der Waals surface area (Å²) in [6.07, 6.45) is 3.41. The van der Waals surface area contributed by atoms with Crippen LogP contribution in [0.1, 0.15) is 42.5 Å². The Hall–Kier alpha value is -3.33. The molecule has 0 amide bonds. The summed E-state index contributed by atoms with van der Waals surface area (Å²) in [5, 5.41) is 21.6. The molecule has 3 heterocycles. The van der Waals surface area contributed by atoms with E-state index < -0.39 is 0 Å². The largest absolute Gasteiger partial charge is 0.472 e. The van der Waals surface area contributed by atoms with Gasteiger partial charge in [-0.25, -0.2) is 0 Å². The number of nitrogens with two attached hydrogens (primary N) is 1. The molecule has 0 aliphatic heterocycles. The summed E-state index contributed by atoms with van der Waals surface area (Å²) in [6.45, 7) is 5.95. The molecule has 1 atom stereocenters. The van der Waals surface area contributed by atoms with Crippen LogP contribution >= 0.6 is 0 Å². The van der Waals surface area contributed by atoms with E-state index in [4.69, 9.17) is 15.0 Å². The minimum Gasteiger partial charge on any atom is -0.472 e. The van der Waals surface area contributed by atoms with E-state index in [0.717, 1.165) is 29.7 Å². The summed E-state index contributed by atoms with van der Waals surface area (Å²) in [7, 11) is 0. The molecular weight excluding hydrogens is 384 g/mol. The zero-order chi connectivity index (χ0) is 21.5. The molecule has 0 fully saturated rings. The van der Waals surface area contributed by atoms with Crippen molar-refractivity contribution in [2.24, 2.45) is 10.7 Å². The number of hydrogen-bond acceptors (Lipinski definition) is 8. The summed E-state index contributed by atoms with van der Waals surface area (Å²) in [6, 6.07) is 6.99. The fourth-order valence-electron chi connectivity index (χ4n) is 2.87. The maximum absolute atomic E-state index is 9.36. The molecule has 0 aromatic carbocycles. The van der Waals surface area contributed by atoms with Gasteiger partial charge >= 0.3 is 0 Å². The van der Waals surface area contributed by atoms with Crippen LogP contribution in [-0.4, -0.2) is 43.9 Å². The van der Waals surface area contributed by atoms with E-state index in [1.165, 1.54) is 0 Å². The van der Waals surface area contributed by atoms with Gasteiger partial charge in [-0.3, -0.25) is 9.98 Å². The van der Waals surface area contributed by atoms with E-state index in [1.807, 2.05) is 32.9 Å². The zero-order valence-corrected chi connectivity index (χ0v) is 17.4. The van der Waals surface area contributed by atoms with Crippen LogP contribution < -0.4 is 10.5 Å². The third-order valence-electron chi connectivity index (χ3n) is 4.59. The number of aryl methyl sites for hydroxylation is 2. The fraction of sp³-hybridized carbons (Fsp3) is 0.381. The second kappa shape index (κ2) is 9.93. The van der Waals surface area contributed by atoms with Crippen molar-refractivity contribution in [3.05, 3.63) is 53.2 Å². The predicted octanol–water partition coefficient (Wildman–Crippen LogP) is 2.59. The molecular formula is C21H26N6O3. The molecule has 0 bridgehead atoms. The second-order valence-corrected chi connectivity index (χ2v) is 6.94. The molecule has 3 aromatic rings. The molecule has 3 rings (SSSR count). The Bertz CT molecular complexity index is 983. The van der Waals surface area contributed by atoms with Crippen LogP contribution in [0.4, 0.5) is 0 Å². The maximum atomic E-state index is 9.36. The van der Waals surface area contributed by atoms with Crippen LogP contribution in [0.3, 0.4) is 0 Å². The van der Waals surface area contributed by atoms with E-state index in [2.05, 4.69) is 25.3 Å². The quantitative estimate of drug-likeness (QED) is 0.406. The first-order chi connectivity index (χ1) is 14.5. The third kappa shape index (κ3) is 5.18. The highest BCUT2D eigenvalue weighted by Crippen LogP contribution is 2.26. The molecule has 0 saturated heterocycles. The highest BCUT2D eigenvalue weighted by Gasteiger charge is 2.16. The highest BCUT2D eigenvalue weighted by molar-refractivity contribution is 5.95.